The van der Waals surface area contributed by atoms with Gasteiger partial charge >= 0.3 is 6.36 Å². The molecule has 0 N–H and O–H groups in total. The van der Waals surface area contributed by atoms with Crippen LogP contribution in [0.3, 0.4) is 0 Å². The highest BCUT2D eigenvalue weighted by molar-refractivity contribution is 9.10. The minimum absolute atomic E-state index is 0.288. The highest BCUT2D eigenvalue weighted by Crippen LogP contribution is 2.31. The Bertz CT molecular complexity index is 354. The molecule has 0 unspecified atom stereocenters. The molecule has 15 heavy (non-hydrogen) atoms. The summed E-state index contributed by atoms with van der Waals surface area (Å²) in [5, 5.41) is 0. The van der Waals surface area contributed by atoms with Gasteiger partial charge in [-0.05, 0) is 22.0 Å². The smallest absolute Gasteiger partial charge is 0.403 e. The van der Waals surface area contributed by atoms with Gasteiger partial charge in [0.15, 0.2) is 5.75 Å². The Labute approximate surface area is 89.2 Å². The van der Waals surface area contributed by atoms with Crippen LogP contribution in [0.5, 0.6) is 5.75 Å². The van der Waals surface area contributed by atoms with Gasteiger partial charge in [-0.25, -0.2) is 13.8 Å². The molecule has 8 heteroatoms. The Balaban J connectivity index is 3.01. The van der Waals surface area contributed by atoms with Crippen LogP contribution in [0, 0.1) is 0 Å². The normalized spacial score (nSPS) is 11.9. The Hall–Kier alpha value is -0.920. The van der Waals surface area contributed by atoms with Crippen LogP contribution in [0.15, 0.2) is 16.9 Å². The van der Waals surface area contributed by atoms with Gasteiger partial charge in [-0.1, -0.05) is 0 Å². The molecule has 0 bridgehead atoms. The Morgan fingerprint density at radius 1 is 1.33 bits per heavy atom. The fraction of sp³-hybridized carbons (Fsp3) is 0.286. The molecule has 2 nitrogen and oxygen atoms in total. The molecule has 1 heterocycles. The molecule has 0 aliphatic heterocycles. The standard InChI is InChI=1S/C7H3BrF5NO/c8-5-4(15-7(11,12)13)1-3(2-14-5)6(9)10/h1-2,6H. The summed E-state index contributed by atoms with van der Waals surface area (Å²) in [5.41, 5.74) is -0.641. The van der Waals surface area contributed by atoms with Crippen LogP contribution in [-0.2, 0) is 0 Å². The average Bonchev–Trinajstić information content (AvgIpc) is 2.06. The number of alkyl halides is 5. The summed E-state index contributed by atoms with van der Waals surface area (Å²) in [6.07, 6.45) is -7.08. The van der Waals surface area contributed by atoms with E-state index in [1.54, 1.807) is 0 Å². The fourth-order valence-corrected chi connectivity index (χ4v) is 1.06. The number of ether oxygens (including phenoxy) is 1. The lowest BCUT2D eigenvalue weighted by molar-refractivity contribution is -0.275. The predicted octanol–water partition coefficient (Wildman–Crippen LogP) is 3.68. The van der Waals surface area contributed by atoms with E-state index in [1.165, 1.54) is 0 Å². The molecule has 1 aromatic heterocycles. The number of halogens is 6. The second-order valence-corrected chi connectivity index (χ2v) is 3.16. The predicted molar refractivity (Wildman–Crippen MR) is 43.6 cm³/mol. The number of nitrogens with zero attached hydrogens (tertiary/aromatic N) is 1. The highest BCUT2D eigenvalue weighted by atomic mass is 79.9. The van der Waals surface area contributed by atoms with E-state index in [0.29, 0.717) is 6.07 Å². The summed E-state index contributed by atoms with van der Waals surface area (Å²) in [7, 11) is 0. The molecule has 0 radical (unpaired) electrons. The third-order valence-corrected chi connectivity index (χ3v) is 1.90. The maximum Gasteiger partial charge on any atom is 0.573 e. The molecule has 0 amide bonds. The molecule has 1 aromatic rings. The van der Waals surface area contributed by atoms with Gasteiger partial charge in [-0.3, -0.25) is 0 Å². The van der Waals surface area contributed by atoms with E-state index >= 15 is 0 Å². The molecule has 0 atom stereocenters. The number of hydrogen-bond donors (Lipinski definition) is 0. The van der Waals surface area contributed by atoms with Crippen LogP contribution in [0.25, 0.3) is 0 Å². The zero-order chi connectivity index (χ0) is 11.6. The topological polar surface area (TPSA) is 22.1 Å². The maximum absolute atomic E-state index is 12.1. The zero-order valence-corrected chi connectivity index (χ0v) is 8.44. The van der Waals surface area contributed by atoms with Crippen molar-refractivity contribution in [2.75, 3.05) is 0 Å². The van der Waals surface area contributed by atoms with Crippen molar-refractivity contribution in [2.24, 2.45) is 0 Å². The number of aromatic nitrogens is 1. The maximum atomic E-state index is 12.1. The summed E-state index contributed by atoms with van der Waals surface area (Å²) in [5.74, 6) is -0.791. The Kier molecular flexibility index (Phi) is 3.48. The summed E-state index contributed by atoms with van der Waals surface area (Å²) < 4.78 is 62.8. The summed E-state index contributed by atoms with van der Waals surface area (Å²) >= 11 is 2.65. The molecule has 1 rings (SSSR count). The van der Waals surface area contributed by atoms with Crippen molar-refractivity contribution < 1.29 is 26.7 Å². The monoisotopic (exact) mass is 291 g/mol. The van der Waals surface area contributed by atoms with Crippen LogP contribution in [0.1, 0.15) is 12.0 Å². The third-order valence-electron chi connectivity index (χ3n) is 1.31. The molecular formula is C7H3BrF5NO. The third kappa shape index (κ3) is 3.61. The van der Waals surface area contributed by atoms with Crippen molar-refractivity contribution >= 4 is 15.9 Å². The second-order valence-electron chi connectivity index (χ2n) is 2.41. The van der Waals surface area contributed by atoms with E-state index in [0.717, 1.165) is 6.20 Å². The van der Waals surface area contributed by atoms with Gasteiger partial charge in [0.05, 0.1) is 0 Å². The lowest BCUT2D eigenvalue weighted by atomic mass is 10.3. The first-order valence-corrected chi connectivity index (χ1v) is 4.28. The zero-order valence-electron chi connectivity index (χ0n) is 6.86. The average molecular weight is 292 g/mol. The van der Waals surface area contributed by atoms with E-state index in [2.05, 4.69) is 25.7 Å². The second kappa shape index (κ2) is 4.30. The minimum atomic E-state index is -4.94. The molecule has 0 aliphatic rings. The van der Waals surface area contributed by atoms with Gasteiger partial charge in [0.25, 0.3) is 6.43 Å². The van der Waals surface area contributed by atoms with Crippen molar-refractivity contribution in [1.82, 2.24) is 4.98 Å². The van der Waals surface area contributed by atoms with E-state index in [-0.39, 0.29) is 4.60 Å². The van der Waals surface area contributed by atoms with Crippen LogP contribution in [0.4, 0.5) is 22.0 Å². The summed E-state index contributed by atoms with van der Waals surface area (Å²) in [4.78, 5) is 3.30. The molecule has 0 aliphatic carbocycles. The first-order valence-electron chi connectivity index (χ1n) is 3.49. The van der Waals surface area contributed by atoms with Gasteiger partial charge in [0.2, 0.25) is 0 Å². The van der Waals surface area contributed by atoms with Gasteiger partial charge in [0.1, 0.15) is 4.60 Å². The van der Waals surface area contributed by atoms with Crippen LogP contribution in [-0.4, -0.2) is 11.3 Å². The van der Waals surface area contributed by atoms with Gasteiger partial charge < -0.3 is 4.74 Å². The molecule has 0 saturated carbocycles. The summed E-state index contributed by atoms with van der Waals surface area (Å²) in [6, 6.07) is 0.579. The van der Waals surface area contributed by atoms with E-state index in [1.807, 2.05) is 0 Å². The van der Waals surface area contributed by atoms with E-state index < -0.39 is 24.1 Å². The molecular weight excluding hydrogens is 289 g/mol. The fourth-order valence-electron chi connectivity index (χ4n) is 0.759. The number of rotatable bonds is 2. The van der Waals surface area contributed by atoms with Crippen molar-refractivity contribution in [2.45, 2.75) is 12.8 Å². The highest BCUT2D eigenvalue weighted by Gasteiger charge is 2.32. The Morgan fingerprint density at radius 3 is 2.40 bits per heavy atom. The van der Waals surface area contributed by atoms with Crippen LogP contribution in [0.2, 0.25) is 0 Å². The number of pyridine rings is 1. The molecule has 0 saturated heterocycles. The minimum Gasteiger partial charge on any atom is -0.403 e. The van der Waals surface area contributed by atoms with E-state index in [9.17, 15) is 22.0 Å². The number of hydrogen-bond acceptors (Lipinski definition) is 2. The van der Waals surface area contributed by atoms with Gasteiger partial charge in [-0.15, -0.1) is 13.2 Å². The molecule has 0 aromatic carbocycles. The summed E-state index contributed by atoms with van der Waals surface area (Å²) in [6.45, 7) is 0. The lowest BCUT2D eigenvalue weighted by Crippen LogP contribution is -2.17. The van der Waals surface area contributed by atoms with Crippen LogP contribution < -0.4 is 4.74 Å². The molecule has 84 valence electrons. The lowest BCUT2D eigenvalue weighted by Gasteiger charge is -2.10. The van der Waals surface area contributed by atoms with E-state index in [4.69, 9.17) is 0 Å². The first kappa shape index (κ1) is 12.2. The molecule has 0 spiro atoms. The Morgan fingerprint density at radius 2 is 1.93 bits per heavy atom. The molecule has 0 fully saturated rings. The van der Waals surface area contributed by atoms with Crippen molar-refractivity contribution in [1.29, 1.82) is 0 Å². The first-order chi connectivity index (χ1) is 6.79. The SMILES string of the molecule is FC(F)c1cnc(Br)c(OC(F)(F)F)c1. The van der Waals surface area contributed by atoms with Gasteiger partial charge in [0, 0.05) is 11.8 Å². The largest absolute Gasteiger partial charge is 0.573 e. The van der Waals surface area contributed by atoms with Crippen molar-refractivity contribution in [3.63, 3.8) is 0 Å². The van der Waals surface area contributed by atoms with Crippen molar-refractivity contribution in [3.05, 3.63) is 22.4 Å². The van der Waals surface area contributed by atoms with Gasteiger partial charge in [-0.2, -0.15) is 0 Å². The van der Waals surface area contributed by atoms with Crippen LogP contribution >= 0.6 is 15.9 Å². The quantitative estimate of drug-likeness (QED) is 0.612. The van der Waals surface area contributed by atoms with Crippen molar-refractivity contribution in [3.8, 4) is 5.75 Å².